The molecular formula is C21H25ClN4O3. The van der Waals surface area contributed by atoms with Crippen LogP contribution >= 0.6 is 11.6 Å². The minimum atomic E-state index is -0.438. The molecule has 0 bridgehead atoms. The second kappa shape index (κ2) is 10.2. The predicted molar refractivity (Wildman–Crippen MR) is 115 cm³/mol. The van der Waals surface area contributed by atoms with Gasteiger partial charge >= 0.3 is 0 Å². The van der Waals surface area contributed by atoms with Crippen molar-refractivity contribution in [1.82, 2.24) is 4.90 Å². The van der Waals surface area contributed by atoms with Gasteiger partial charge in [0.2, 0.25) is 11.8 Å². The zero-order valence-electron chi connectivity index (χ0n) is 16.3. The molecule has 2 aromatic carbocycles. The summed E-state index contributed by atoms with van der Waals surface area (Å²) in [5.41, 5.74) is 2.19. The summed E-state index contributed by atoms with van der Waals surface area (Å²) in [4.78, 5) is 26.5. The molecule has 8 heteroatoms. The fraction of sp³-hybridized carbons (Fsp3) is 0.333. The van der Waals surface area contributed by atoms with Crippen molar-refractivity contribution in [2.24, 2.45) is 0 Å². The lowest BCUT2D eigenvalue weighted by molar-refractivity contribution is -0.118. The first-order chi connectivity index (χ1) is 14.0. The van der Waals surface area contributed by atoms with Crippen molar-refractivity contribution in [1.29, 1.82) is 0 Å². The van der Waals surface area contributed by atoms with E-state index >= 15 is 0 Å². The first-order valence-electron chi connectivity index (χ1n) is 9.52. The first-order valence-corrected chi connectivity index (χ1v) is 9.90. The maximum atomic E-state index is 12.3. The molecule has 1 aliphatic heterocycles. The Kier molecular flexibility index (Phi) is 7.46. The average Bonchev–Trinajstić information content (AvgIpc) is 2.72. The van der Waals surface area contributed by atoms with Gasteiger partial charge in [0.25, 0.3) is 0 Å². The maximum absolute atomic E-state index is 12.3. The van der Waals surface area contributed by atoms with E-state index in [1.165, 1.54) is 0 Å². The van der Waals surface area contributed by atoms with Crippen molar-refractivity contribution < 1.29 is 14.3 Å². The molecule has 3 rings (SSSR count). The minimum Gasteiger partial charge on any atom is -0.379 e. The third kappa shape index (κ3) is 6.74. The van der Waals surface area contributed by atoms with Crippen LogP contribution in [-0.4, -0.2) is 55.6 Å². The van der Waals surface area contributed by atoms with Crippen LogP contribution < -0.4 is 16.0 Å². The third-order valence-corrected chi connectivity index (χ3v) is 4.78. The van der Waals surface area contributed by atoms with Gasteiger partial charge in [0.15, 0.2) is 0 Å². The summed E-state index contributed by atoms with van der Waals surface area (Å²) in [6, 6.07) is 13.8. The highest BCUT2D eigenvalue weighted by Crippen LogP contribution is 2.16. The molecule has 0 saturated carbocycles. The number of morpholine rings is 1. The maximum Gasteiger partial charge on any atom is 0.246 e. The van der Waals surface area contributed by atoms with Crippen LogP contribution in [0, 0.1) is 0 Å². The van der Waals surface area contributed by atoms with E-state index in [0.29, 0.717) is 36.2 Å². The first kappa shape index (κ1) is 21.1. The lowest BCUT2D eigenvalue weighted by atomic mass is 10.2. The summed E-state index contributed by atoms with van der Waals surface area (Å²) in [5, 5.41) is 9.49. The molecule has 154 valence electrons. The predicted octanol–water partition coefficient (Wildman–Crippen LogP) is 3.05. The van der Waals surface area contributed by atoms with E-state index in [-0.39, 0.29) is 11.8 Å². The largest absolute Gasteiger partial charge is 0.379 e. The SMILES string of the molecule is CC(Nc1ccc(NC(=O)CN2CCOCC2)cc1)C(=O)Nc1ccc(Cl)cc1. The number of hydrogen-bond donors (Lipinski definition) is 3. The molecular weight excluding hydrogens is 392 g/mol. The molecule has 0 radical (unpaired) electrons. The summed E-state index contributed by atoms with van der Waals surface area (Å²) >= 11 is 5.85. The fourth-order valence-corrected chi connectivity index (χ4v) is 3.04. The number of benzene rings is 2. The fourth-order valence-electron chi connectivity index (χ4n) is 2.91. The standard InChI is InChI=1S/C21H25ClN4O3/c1-15(21(28)25-19-4-2-16(22)3-5-19)23-17-6-8-18(9-7-17)24-20(27)14-26-10-12-29-13-11-26/h2-9,15,23H,10-14H2,1H3,(H,24,27)(H,25,28). The van der Waals surface area contributed by atoms with Gasteiger partial charge in [-0.1, -0.05) is 11.6 Å². The molecule has 1 heterocycles. The Morgan fingerprint density at radius 1 is 0.966 bits per heavy atom. The number of carbonyl (C=O) groups excluding carboxylic acids is 2. The van der Waals surface area contributed by atoms with E-state index in [0.717, 1.165) is 18.8 Å². The van der Waals surface area contributed by atoms with Gasteiger partial charge in [-0.05, 0) is 55.5 Å². The molecule has 1 saturated heterocycles. The quantitative estimate of drug-likeness (QED) is 0.646. The van der Waals surface area contributed by atoms with E-state index in [1.54, 1.807) is 31.2 Å². The summed E-state index contributed by atoms with van der Waals surface area (Å²) in [7, 11) is 0. The van der Waals surface area contributed by atoms with Gasteiger partial charge in [-0.25, -0.2) is 0 Å². The van der Waals surface area contributed by atoms with E-state index in [4.69, 9.17) is 16.3 Å². The van der Waals surface area contributed by atoms with Crippen molar-refractivity contribution in [2.75, 3.05) is 48.8 Å². The Morgan fingerprint density at radius 3 is 2.17 bits per heavy atom. The lowest BCUT2D eigenvalue weighted by Crippen LogP contribution is -2.41. The average molecular weight is 417 g/mol. The number of nitrogens with zero attached hydrogens (tertiary/aromatic N) is 1. The van der Waals surface area contributed by atoms with Crippen LogP contribution in [0.25, 0.3) is 0 Å². The summed E-state index contributed by atoms with van der Waals surface area (Å²) in [6.07, 6.45) is 0. The van der Waals surface area contributed by atoms with E-state index in [1.807, 2.05) is 24.3 Å². The second-order valence-corrected chi connectivity index (χ2v) is 7.31. The topological polar surface area (TPSA) is 82.7 Å². The zero-order valence-corrected chi connectivity index (χ0v) is 17.0. The molecule has 3 N–H and O–H groups in total. The number of nitrogens with one attached hydrogen (secondary N) is 3. The lowest BCUT2D eigenvalue weighted by Gasteiger charge is -2.25. The Morgan fingerprint density at radius 2 is 1.52 bits per heavy atom. The Balaban J connectivity index is 1.46. The Labute approximate surface area is 175 Å². The monoisotopic (exact) mass is 416 g/mol. The number of hydrogen-bond acceptors (Lipinski definition) is 5. The number of carbonyl (C=O) groups is 2. The molecule has 0 aromatic heterocycles. The molecule has 1 fully saturated rings. The number of halogens is 1. The Bertz CT molecular complexity index is 821. The van der Waals surface area contributed by atoms with E-state index in [2.05, 4.69) is 20.9 Å². The van der Waals surface area contributed by atoms with Crippen molar-refractivity contribution in [3.8, 4) is 0 Å². The number of ether oxygens (including phenoxy) is 1. The van der Waals surface area contributed by atoms with Crippen LogP contribution in [0.15, 0.2) is 48.5 Å². The molecule has 29 heavy (non-hydrogen) atoms. The third-order valence-electron chi connectivity index (χ3n) is 4.53. The van der Waals surface area contributed by atoms with Crippen LogP contribution in [0.3, 0.4) is 0 Å². The van der Waals surface area contributed by atoms with E-state index in [9.17, 15) is 9.59 Å². The van der Waals surface area contributed by atoms with Gasteiger partial charge in [0, 0.05) is 35.2 Å². The van der Waals surface area contributed by atoms with Crippen LogP contribution in [-0.2, 0) is 14.3 Å². The number of rotatable bonds is 7. The molecule has 1 unspecified atom stereocenters. The molecule has 7 nitrogen and oxygen atoms in total. The van der Waals surface area contributed by atoms with Crippen LogP contribution in [0.2, 0.25) is 5.02 Å². The smallest absolute Gasteiger partial charge is 0.246 e. The summed E-state index contributed by atoms with van der Waals surface area (Å²) in [6.45, 7) is 5.00. The molecule has 2 aromatic rings. The van der Waals surface area contributed by atoms with Crippen LogP contribution in [0.4, 0.5) is 17.1 Å². The minimum absolute atomic E-state index is 0.0525. The highest BCUT2D eigenvalue weighted by atomic mass is 35.5. The Hall–Kier alpha value is -2.61. The normalized spacial score (nSPS) is 15.4. The van der Waals surface area contributed by atoms with Gasteiger partial charge in [-0.3, -0.25) is 14.5 Å². The van der Waals surface area contributed by atoms with Gasteiger partial charge < -0.3 is 20.7 Å². The molecule has 1 aliphatic rings. The second-order valence-electron chi connectivity index (χ2n) is 6.88. The van der Waals surface area contributed by atoms with Crippen molar-refractivity contribution >= 4 is 40.5 Å². The highest BCUT2D eigenvalue weighted by Gasteiger charge is 2.15. The van der Waals surface area contributed by atoms with Crippen molar-refractivity contribution in [2.45, 2.75) is 13.0 Å². The number of anilines is 3. The van der Waals surface area contributed by atoms with Gasteiger partial charge in [0.1, 0.15) is 6.04 Å². The van der Waals surface area contributed by atoms with Crippen LogP contribution in [0.5, 0.6) is 0 Å². The molecule has 1 atom stereocenters. The zero-order chi connectivity index (χ0) is 20.6. The molecule has 2 amide bonds. The van der Waals surface area contributed by atoms with Crippen LogP contribution in [0.1, 0.15) is 6.92 Å². The molecule has 0 aliphatic carbocycles. The summed E-state index contributed by atoms with van der Waals surface area (Å²) < 4.78 is 5.28. The summed E-state index contributed by atoms with van der Waals surface area (Å²) in [5.74, 6) is -0.210. The molecule has 0 spiro atoms. The van der Waals surface area contributed by atoms with Gasteiger partial charge in [-0.15, -0.1) is 0 Å². The van der Waals surface area contributed by atoms with E-state index < -0.39 is 6.04 Å². The van der Waals surface area contributed by atoms with Gasteiger partial charge in [0.05, 0.1) is 19.8 Å². The number of amides is 2. The van der Waals surface area contributed by atoms with Gasteiger partial charge in [-0.2, -0.15) is 0 Å². The van der Waals surface area contributed by atoms with Crippen molar-refractivity contribution in [3.63, 3.8) is 0 Å². The highest BCUT2D eigenvalue weighted by molar-refractivity contribution is 6.30. The van der Waals surface area contributed by atoms with Crippen molar-refractivity contribution in [3.05, 3.63) is 53.6 Å².